The molecule has 5 nitrogen and oxygen atoms in total. The predicted octanol–water partition coefficient (Wildman–Crippen LogP) is 2.90. The lowest BCUT2D eigenvalue weighted by molar-refractivity contribution is -0.142. The van der Waals surface area contributed by atoms with Crippen molar-refractivity contribution in [3.05, 3.63) is 48.0 Å². The summed E-state index contributed by atoms with van der Waals surface area (Å²) in [5.41, 5.74) is 0.564. The molecule has 0 aliphatic carbocycles. The standard InChI is InChI=1S/C18H21NO4/c1-2-23-11-5-8-16(20)19-17(18(21)22)15-10-9-13-6-3-4-7-14(13)12-15/h3-4,6-7,9-10,12,17H,2,5,8,11H2,1H3,(H,19,20)(H,21,22). The lowest BCUT2D eigenvalue weighted by Crippen LogP contribution is -2.33. The number of amides is 1. The van der Waals surface area contributed by atoms with Crippen LogP contribution in [-0.2, 0) is 14.3 Å². The molecule has 5 heteroatoms. The number of benzene rings is 2. The fourth-order valence-electron chi connectivity index (χ4n) is 2.39. The molecule has 2 N–H and O–H groups in total. The van der Waals surface area contributed by atoms with E-state index in [1.165, 1.54) is 0 Å². The van der Waals surface area contributed by atoms with E-state index in [9.17, 15) is 14.7 Å². The minimum Gasteiger partial charge on any atom is -0.479 e. The SMILES string of the molecule is CCOCCCC(=O)NC(C(=O)O)c1ccc2ccccc2c1. The zero-order valence-corrected chi connectivity index (χ0v) is 13.1. The largest absolute Gasteiger partial charge is 0.479 e. The minimum atomic E-state index is -1.07. The van der Waals surface area contributed by atoms with Crippen molar-refractivity contribution in [1.82, 2.24) is 5.32 Å². The maximum atomic E-state index is 11.9. The van der Waals surface area contributed by atoms with E-state index < -0.39 is 12.0 Å². The summed E-state index contributed by atoms with van der Waals surface area (Å²) in [6.45, 7) is 2.99. The summed E-state index contributed by atoms with van der Waals surface area (Å²) in [6.07, 6.45) is 0.821. The van der Waals surface area contributed by atoms with Crippen molar-refractivity contribution in [3.63, 3.8) is 0 Å². The highest BCUT2D eigenvalue weighted by molar-refractivity contribution is 5.88. The lowest BCUT2D eigenvalue weighted by atomic mass is 10.0. The van der Waals surface area contributed by atoms with E-state index in [0.29, 0.717) is 25.2 Å². The molecule has 0 saturated carbocycles. The summed E-state index contributed by atoms with van der Waals surface area (Å²) >= 11 is 0. The zero-order valence-electron chi connectivity index (χ0n) is 13.1. The number of rotatable bonds is 8. The number of carboxylic acid groups (broad SMARTS) is 1. The Bertz CT molecular complexity index is 684. The Hall–Kier alpha value is -2.40. The molecule has 122 valence electrons. The van der Waals surface area contributed by atoms with Gasteiger partial charge in [0.2, 0.25) is 5.91 Å². The molecule has 0 aliphatic heterocycles. The summed E-state index contributed by atoms with van der Waals surface area (Å²) in [4.78, 5) is 23.4. The van der Waals surface area contributed by atoms with Crippen LogP contribution in [0.5, 0.6) is 0 Å². The van der Waals surface area contributed by atoms with Gasteiger partial charge in [0.1, 0.15) is 0 Å². The average Bonchev–Trinajstić information content (AvgIpc) is 2.56. The summed E-state index contributed by atoms with van der Waals surface area (Å²) < 4.78 is 5.17. The third kappa shape index (κ3) is 4.79. The third-order valence-corrected chi connectivity index (χ3v) is 3.56. The second-order valence-electron chi connectivity index (χ2n) is 5.25. The van der Waals surface area contributed by atoms with E-state index in [1.807, 2.05) is 37.3 Å². The molecule has 23 heavy (non-hydrogen) atoms. The molecule has 1 unspecified atom stereocenters. The second-order valence-corrected chi connectivity index (χ2v) is 5.25. The molecule has 0 radical (unpaired) electrons. The molecule has 0 heterocycles. The number of carbonyl (C=O) groups is 2. The van der Waals surface area contributed by atoms with Crippen molar-refractivity contribution in [2.24, 2.45) is 0 Å². The first-order chi connectivity index (χ1) is 11.1. The zero-order chi connectivity index (χ0) is 16.7. The molecule has 0 saturated heterocycles. The summed E-state index contributed by atoms with van der Waals surface area (Å²) in [5.74, 6) is -1.36. The molecule has 2 rings (SSSR count). The summed E-state index contributed by atoms with van der Waals surface area (Å²) in [6, 6.07) is 12.1. The van der Waals surface area contributed by atoms with Crippen molar-refractivity contribution in [3.8, 4) is 0 Å². The first-order valence-corrected chi connectivity index (χ1v) is 7.70. The van der Waals surface area contributed by atoms with Crippen molar-refractivity contribution in [2.75, 3.05) is 13.2 Å². The van der Waals surface area contributed by atoms with Crippen LogP contribution in [-0.4, -0.2) is 30.2 Å². The van der Waals surface area contributed by atoms with Gasteiger partial charge in [0.25, 0.3) is 0 Å². The summed E-state index contributed by atoms with van der Waals surface area (Å²) in [5, 5.41) is 14.0. The van der Waals surface area contributed by atoms with Crippen LogP contribution in [0.2, 0.25) is 0 Å². The van der Waals surface area contributed by atoms with Gasteiger partial charge in [-0.05, 0) is 35.7 Å². The number of nitrogens with one attached hydrogen (secondary N) is 1. The Morgan fingerprint density at radius 1 is 1.17 bits per heavy atom. The first-order valence-electron chi connectivity index (χ1n) is 7.70. The molecule has 2 aromatic rings. The predicted molar refractivity (Wildman–Crippen MR) is 88.2 cm³/mol. The Morgan fingerprint density at radius 3 is 2.61 bits per heavy atom. The number of hydrogen-bond acceptors (Lipinski definition) is 3. The van der Waals surface area contributed by atoms with Crippen LogP contribution < -0.4 is 5.32 Å². The molecular formula is C18H21NO4. The maximum Gasteiger partial charge on any atom is 0.330 e. The highest BCUT2D eigenvalue weighted by atomic mass is 16.5. The number of carboxylic acids is 1. The Labute approximate surface area is 135 Å². The minimum absolute atomic E-state index is 0.247. The van der Waals surface area contributed by atoms with Crippen LogP contribution in [0, 0.1) is 0 Å². The Kier molecular flexibility index (Phi) is 6.11. The number of carbonyl (C=O) groups excluding carboxylic acids is 1. The van der Waals surface area contributed by atoms with E-state index in [0.717, 1.165) is 10.8 Å². The number of aliphatic carboxylic acids is 1. The van der Waals surface area contributed by atoms with Gasteiger partial charge >= 0.3 is 5.97 Å². The highest BCUT2D eigenvalue weighted by Gasteiger charge is 2.22. The second kappa shape index (κ2) is 8.29. The van der Waals surface area contributed by atoms with Crippen LogP contribution >= 0.6 is 0 Å². The van der Waals surface area contributed by atoms with Gasteiger partial charge in [0.15, 0.2) is 6.04 Å². The molecule has 0 aromatic heterocycles. The average molecular weight is 315 g/mol. The quantitative estimate of drug-likeness (QED) is 0.734. The van der Waals surface area contributed by atoms with Gasteiger partial charge in [0.05, 0.1) is 0 Å². The molecule has 0 aliphatic rings. The number of fused-ring (bicyclic) bond motifs is 1. The van der Waals surface area contributed by atoms with Crippen LogP contribution in [0.15, 0.2) is 42.5 Å². The number of hydrogen-bond donors (Lipinski definition) is 2. The van der Waals surface area contributed by atoms with Crippen LogP contribution in [0.4, 0.5) is 0 Å². The number of ether oxygens (including phenoxy) is 1. The normalized spacial score (nSPS) is 12.0. The van der Waals surface area contributed by atoms with Gasteiger partial charge in [-0.3, -0.25) is 4.79 Å². The molecule has 0 bridgehead atoms. The van der Waals surface area contributed by atoms with Gasteiger partial charge in [0, 0.05) is 19.6 Å². The fraction of sp³-hybridized carbons (Fsp3) is 0.333. The van der Waals surface area contributed by atoms with Gasteiger partial charge in [-0.1, -0.05) is 36.4 Å². The smallest absolute Gasteiger partial charge is 0.330 e. The Balaban J connectivity index is 2.07. The van der Waals surface area contributed by atoms with Crippen molar-refractivity contribution in [1.29, 1.82) is 0 Å². The van der Waals surface area contributed by atoms with Crippen LogP contribution in [0.1, 0.15) is 31.4 Å². The topological polar surface area (TPSA) is 75.6 Å². The molecule has 0 spiro atoms. The summed E-state index contributed by atoms with van der Waals surface area (Å²) in [7, 11) is 0. The fourth-order valence-corrected chi connectivity index (χ4v) is 2.39. The van der Waals surface area contributed by atoms with E-state index in [2.05, 4.69) is 5.32 Å². The molecule has 1 amide bonds. The van der Waals surface area contributed by atoms with Crippen molar-refractivity contribution >= 4 is 22.6 Å². The van der Waals surface area contributed by atoms with Gasteiger partial charge in [-0.15, -0.1) is 0 Å². The van der Waals surface area contributed by atoms with E-state index in [1.54, 1.807) is 12.1 Å². The van der Waals surface area contributed by atoms with Crippen molar-refractivity contribution < 1.29 is 19.4 Å². The molecule has 0 fully saturated rings. The van der Waals surface area contributed by atoms with Gasteiger partial charge in [-0.2, -0.15) is 0 Å². The van der Waals surface area contributed by atoms with Gasteiger partial charge < -0.3 is 15.2 Å². The van der Waals surface area contributed by atoms with E-state index in [-0.39, 0.29) is 12.3 Å². The Morgan fingerprint density at radius 2 is 1.91 bits per heavy atom. The van der Waals surface area contributed by atoms with E-state index in [4.69, 9.17) is 4.74 Å². The van der Waals surface area contributed by atoms with E-state index >= 15 is 0 Å². The van der Waals surface area contributed by atoms with Crippen LogP contribution in [0.25, 0.3) is 10.8 Å². The molecule has 1 atom stereocenters. The molecule has 2 aromatic carbocycles. The van der Waals surface area contributed by atoms with Crippen molar-refractivity contribution in [2.45, 2.75) is 25.8 Å². The van der Waals surface area contributed by atoms with Gasteiger partial charge in [-0.25, -0.2) is 4.79 Å². The van der Waals surface area contributed by atoms with Crippen LogP contribution in [0.3, 0.4) is 0 Å². The lowest BCUT2D eigenvalue weighted by Gasteiger charge is -2.15. The molecular weight excluding hydrogens is 294 g/mol. The highest BCUT2D eigenvalue weighted by Crippen LogP contribution is 2.21. The third-order valence-electron chi connectivity index (χ3n) is 3.56. The first kappa shape index (κ1) is 17.0. The monoisotopic (exact) mass is 315 g/mol. The maximum absolute atomic E-state index is 11.9.